The van der Waals surface area contributed by atoms with Crippen molar-refractivity contribution in [3.63, 3.8) is 0 Å². The zero-order valence-electron chi connectivity index (χ0n) is 18.3. The maximum absolute atomic E-state index is 12.4. The van der Waals surface area contributed by atoms with Gasteiger partial charge in [0.15, 0.2) is 0 Å². The highest BCUT2D eigenvalue weighted by atomic mass is 16.6. The molecule has 1 aliphatic heterocycles. The highest BCUT2D eigenvalue weighted by Gasteiger charge is 2.34. The Morgan fingerprint density at radius 1 is 1.29 bits per heavy atom. The normalized spacial score (nSPS) is 19.9. The summed E-state index contributed by atoms with van der Waals surface area (Å²) in [6, 6.07) is 2.17. The van der Waals surface area contributed by atoms with Gasteiger partial charge in [-0.25, -0.2) is 14.6 Å². The number of pyridine rings is 1. The molecule has 0 spiro atoms. The molecule has 7 nitrogen and oxygen atoms in total. The number of carbonyl (C=O) groups is 2. The third-order valence-electron chi connectivity index (χ3n) is 5.14. The number of esters is 1. The predicted molar refractivity (Wildman–Crippen MR) is 109 cm³/mol. The van der Waals surface area contributed by atoms with Gasteiger partial charge >= 0.3 is 12.1 Å². The molecule has 2 heterocycles. The third-order valence-corrected chi connectivity index (χ3v) is 5.14. The van der Waals surface area contributed by atoms with Gasteiger partial charge in [-0.2, -0.15) is 0 Å². The molecule has 1 amide bonds. The van der Waals surface area contributed by atoms with Crippen molar-refractivity contribution in [1.29, 1.82) is 0 Å². The molecule has 28 heavy (non-hydrogen) atoms. The minimum Gasteiger partial charge on any atom is -0.465 e. The Kier molecular flexibility index (Phi) is 6.57. The zero-order chi connectivity index (χ0) is 21.2. The first kappa shape index (κ1) is 22.0. The van der Waals surface area contributed by atoms with E-state index >= 15 is 0 Å². The molecule has 1 aromatic heterocycles. The van der Waals surface area contributed by atoms with Gasteiger partial charge < -0.3 is 19.3 Å². The number of anilines is 1. The molecule has 0 aromatic carbocycles. The molecule has 1 fully saturated rings. The number of aryl methyl sites for hydroxylation is 2. The lowest BCUT2D eigenvalue weighted by atomic mass is 9.92. The van der Waals surface area contributed by atoms with E-state index in [1.807, 2.05) is 47.7 Å². The standard InChI is InChI=1S/C21H33N3O4/c1-13-11-17(22-15(3)18(13)19(25)27-8)23(7)16-9-10-24(12-14(16)2)20(26)28-21(4,5)6/h11,14,16H,9-10,12H2,1-8H3. The summed E-state index contributed by atoms with van der Waals surface area (Å²) in [5.74, 6) is 0.718. The first-order chi connectivity index (χ1) is 12.9. The fourth-order valence-corrected chi connectivity index (χ4v) is 3.77. The number of piperidine rings is 1. The van der Waals surface area contributed by atoms with Gasteiger partial charge in [-0.3, -0.25) is 0 Å². The van der Waals surface area contributed by atoms with E-state index in [-0.39, 0.29) is 24.0 Å². The fourth-order valence-electron chi connectivity index (χ4n) is 3.77. The van der Waals surface area contributed by atoms with E-state index in [1.54, 1.807) is 4.90 Å². The molecule has 1 aliphatic rings. The number of likely N-dealkylation sites (tertiary alicyclic amines) is 1. The van der Waals surface area contributed by atoms with Crippen LogP contribution in [0.25, 0.3) is 0 Å². The van der Waals surface area contributed by atoms with Gasteiger partial charge in [0.2, 0.25) is 0 Å². The van der Waals surface area contributed by atoms with Crippen molar-refractivity contribution in [3.05, 3.63) is 22.9 Å². The van der Waals surface area contributed by atoms with Gasteiger partial charge in [0, 0.05) is 26.2 Å². The largest absolute Gasteiger partial charge is 0.465 e. The molecule has 1 aromatic rings. The van der Waals surface area contributed by atoms with Crippen LogP contribution in [0.5, 0.6) is 0 Å². The molecular formula is C21H33N3O4. The average molecular weight is 392 g/mol. The number of amides is 1. The second kappa shape index (κ2) is 8.37. The number of rotatable bonds is 3. The molecule has 0 saturated carbocycles. The van der Waals surface area contributed by atoms with Crippen LogP contribution in [0.1, 0.15) is 55.7 Å². The minimum absolute atomic E-state index is 0.244. The Balaban J connectivity index is 2.13. The number of ether oxygens (including phenoxy) is 2. The van der Waals surface area contributed by atoms with E-state index in [2.05, 4.69) is 16.8 Å². The highest BCUT2D eigenvalue weighted by molar-refractivity contribution is 5.92. The Hall–Kier alpha value is -2.31. The van der Waals surface area contributed by atoms with E-state index in [9.17, 15) is 9.59 Å². The van der Waals surface area contributed by atoms with Crippen molar-refractivity contribution in [2.45, 2.75) is 59.6 Å². The maximum Gasteiger partial charge on any atom is 0.410 e. The molecule has 0 aliphatic carbocycles. The zero-order valence-corrected chi connectivity index (χ0v) is 18.3. The van der Waals surface area contributed by atoms with E-state index in [0.717, 1.165) is 17.8 Å². The number of nitrogens with zero attached hydrogens (tertiary/aromatic N) is 3. The van der Waals surface area contributed by atoms with Crippen molar-refractivity contribution < 1.29 is 19.1 Å². The van der Waals surface area contributed by atoms with E-state index in [1.165, 1.54) is 7.11 Å². The van der Waals surface area contributed by atoms with Crippen molar-refractivity contribution in [2.75, 3.05) is 32.1 Å². The monoisotopic (exact) mass is 391 g/mol. The topological polar surface area (TPSA) is 72.0 Å². The second-order valence-electron chi connectivity index (χ2n) is 8.62. The van der Waals surface area contributed by atoms with Gasteiger partial charge in [0.05, 0.1) is 18.4 Å². The second-order valence-corrected chi connectivity index (χ2v) is 8.62. The lowest BCUT2D eigenvalue weighted by Gasteiger charge is -2.42. The van der Waals surface area contributed by atoms with Crippen LogP contribution >= 0.6 is 0 Å². The molecule has 156 valence electrons. The fraction of sp³-hybridized carbons (Fsp3) is 0.667. The summed E-state index contributed by atoms with van der Waals surface area (Å²) in [7, 11) is 3.39. The summed E-state index contributed by atoms with van der Waals surface area (Å²) in [6.07, 6.45) is 0.572. The number of hydrogen-bond acceptors (Lipinski definition) is 6. The van der Waals surface area contributed by atoms with Crippen molar-refractivity contribution >= 4 is 17.9 Å². The molecule has 7 heteroatoms. The van der Waals surface area contributed by atoms with Crippen molar-refractivity contribution in [1.82, 2.24) is 9.88 Å². The first-order valence-corrected chi connectivity index (χ1v) is 9.72. The van der Waals surface area contributed by atoms with Gasteiger partial charge in [-0.05, 0) is 58.6 Å². The smallest absolute Gasteiger partial charge is 0.410 e. The number of methoxy groups -OCH3 is 1. The first-order valence-electron chi connectivity index (χ1n) is 9.72. The molecular weight excluding hydrogens is 358 g/mol. The molecule has 2 unspecified atom stereocenters. The SMILES string of the molecule is COC(=O)c1c(C)cc(N(C)C2CCN(C(=O)OC(C)(C)C)CC2C)nc1C. The lowest BCUT2D eigenvalue weighted by molar-refractivity contribution is 0.0156. The van der Waals surface area contributed by atoms with E-state index in [4.69, 9.17) is 9.47 Å². The molecule has 0 radical (unpaired) electrons. The summed E-state index contributed by atoms with van der Waals surface area (Å²) in [6.45, 7) is 12.8. The minimum atomic E-state index is -0.492. The average Bonchev–Trinajstić information content (AvgIpc) is 2.58. The van der Waals surface area contributed by atoms with Gasteiger partial charge in [-0.1, -0.05) is 6.92 Å². The Bertz CT molecular complexity index is 719. The molecule has 2 atom stereocenters. The molecule has 0 N–H and O–H groups in total. The van der Waals surface area contributed by atoms with Crippen LogP contribution in [-0.2, 0) is 9.47 Å². The number of aromatic nitrogens is 1. The summed E-state index contributed by atoms with van der Waals surface area (Å²) in [4.78, 5) is 32.9. The van der Waals surface area contributed by atoms with Crippen LogP contribution in [0.15, 0.2) is 6.07 Å². The number of carbonyl (C=O) groups excluding carboxylic acids is 2. The van der Waals surface area contributed by atoms with Gasteiger partial charge in [0.25, 0.3) is 0 Å². The Labute approximate surface area is 168 Å². The molecule has 1 saturated heterocycles. The quantitative estimate of drug-likeness (QED) is 0.734. The molecule has 0 bridgehead atoms. The summed E-state index contributed by atoms with van der Waals surface area (Å²) >= 11 is 0. The maximum atomic E-state index is 12.4. The lowest BCUT2D eigenvalue weighted by Crippen LogP contribution is -2.51. The third kappa shape index (κ3) is 4.94. The van der Waals surface area contributed by atoms with Gasteiger partial charge in [0.1, 0.15) is 11.4 Å². The van der Waals surface area contributed by atoms with E-state index in [0.29, 0.717) is 24.3 Å². The Morgan fingerprint density at radius 3 is 2.43 bits per heavy atom. The van der Waals surface area contributed by atoms with Crippen LogP contribution in [0.2, 0.25) is 0 Å². The van der Waals surface area contributed by atoms with Crippen LogP contribution in [0, 0.1) is 19.8 Å². The molecule has 2 rings (SSSR count). The van der Waals surface area contributed by atoms with E-state index < -0.39 is 5.60 Å². The van der Waals surface area contributed by atoms with Crippen LogP contribution in [-0.4, -0.2) is 60.8 Å². The van der Waals surface area contributed by atoms with Gasteiger partial charge in [-0.15, -0.1) is 0 Å². The Morgan fingerprint density at radius 2 is 1.93 bits per heavy atom. The van der Waals surface area contributed by atoms with Crippen LogP contribution in [0.4, 0.5) is 10.6 Å². The summed E-state index contributed by atoms with van der Waals surface area (Å²) in [5.41, 5.74) is 1.54. The van der Waals surface area contributed by atoms with Crippen molar-refractivity contribution in [3.8, 4) is 0 Å². The summed E-state index contributed by atoms with van der Waals surface area (Å²) in [5, 5.41) is 0. The van der Waals surface area contributed by atoms with Crippen molar-refractivity contribution in [2.24, 2.45) is 5.92 Å². The predicted octanol–water partition coefficient (Wildman–Crippen LogP) is 3.57. The number of hydrogen-bond donors (Lipinski definition) is 0. The van der Waals surface area contributed by atoms with Crippen LogP contribution in [0.3, 0.4) is 0 Å². The highest BCUT2D eigenvalue weighted by Crippen LogP contribution is 2.28. The van der Waals surface area contributed by atoms with Crippen LogP contribution < -0.4 is 4.90 Å². The summed E-state index contributed by atoms with van der Waals surface area (Å²) < 4.78 is 10.4.